The average molecular weight is 480 g/mol. The number of rotatable bonds is 6. The van der Waals surface area contributed by atoms with Gasteiger partial charge in [-0.3, -0.25) is 9.67 Å². The van der Waals surface area contributed by atoms with Crippen LogP contribution in [-0.2, 0) is 18.2 Å². The first-order valence-electron chi connectivity index (χ1n) is 8.44. The highest BCUT2D eigenvalue weighted by atomic mass is 127. The molecule has 1 heterocycles. The lowest BCUT2D eigenvalue weighted by molar-refractivity contribution is 0.0474. The maximum absolute atomic E-state index is 11.9. The number of hydrogen-bond acceptors (Lipinski definition) is 4. The highest BCUT2D eigenvalue weighted by Gasteiger charge is 2.24. The number of ether oxygens (including phenoxy) is 1. The number of alkyl carbamates (subject to hydrolysis) is 1. The number of amides is 1. The number of carbonyl (C=O) groups is 1. The molecule has 0 saturated carbocycles. The quantitative estimate of drug-likeness (QED) is 0.329. The summed E-state index contributed by atoms with van der Waals surface area (Å²) >= 11 is 0. The molecule has 0 aliphatic rings. The Morgan fingerprint density at radius 2 is 1.92 bits per heavy atom. The standard InChI is InChI=1S/C17H32N6O2.HI/c1-16(2,3)25-15(24)22-17(4,5)12-20-14(18-6)19-9-8-13-10-21-23(7)11-13;/h10-11H,8-9,12H2,1-7H3,(H,22,24)(H2,18,19,20);1H. The number of aryl methyl sites for hydroxylation is 1. The number of nitrogens with one attached hydrogen (secondary N) is 3. The van der Waals surface area contributed by atoms with E-state index < -0.39 is 17.2 Å². The van der Waals surface area contributed by atoms with E-state index in [1.54, 1.807) is 11.7 Å². The lowest BCUT2D eigenvalue weighted by Crippen LogP contribution is -2.54. The maximum atomic E-state index is 11.9. The van der Waals surface area contributed by atoms with Crippen LogP contribution in [0.25, 0.3) is 0 Å². The number of aromatic nitrogens is 2. The molecule has 1 aromatic heterocycles. The van der Waals surface area contributed by atoms with Crippen LogP contribution in [0.4, 0.5) is 4.79 Å². The maximum Gasteiger partial charge on any atom is 0.408 e. The number of hydrogen-bond donors (Lipinski definition) is 3. The summed E-state index contributed by atoms with van der Waals surface area (Å²) in [5, 5.41) is 13.5. The molecule has 3 N–H and O–H groups in total. The molecule has 0 atom stereocenters. The van der Waals surface area contributed by atoms with Crippen molar-refractivity contribution in [3.63, 3.8) is 0 Å². The Balaban J connectivity index is 0.00000625. The van der Waals surface area contributed by atoms with Crippen LogP contribution in [0.5, 0.6) is 0 Å². The number of guanidine groups is 1. The van der Waals surface area contributed by atoms with Crippen molar-refractivity contribution in [1.29, 1.82) is 0 Å². The zero-order valence-electron chi connectivity index (χ0n) is 16.8. The minimum atomic E-state index is -0.516. The van der Waals surface area contributed by atoms with Gasteiger partial charge in [-0.25, -0.2) is 4.79 Å². The summed E-state index contributed by atoms with van der Waals surface area (Å²) in [4.78, 5) is 16.1. The van der Waals surface area contributed by atoms with Crippen LogP contribution in [-0.4, -0.2) is 53.1 Å². The molecule has 0 spiro atoms. The van der Waals surface area contributed by atoms with Crippen LogP contribution in [0.2, 0.25) is 0 Å². The fourth-order valence-corrected chi connectivity index (χ4v) is 2.08. The monoisotopic (exact) mass is 480 g/mol. The second-order valence-electron chi connectivity index (χ2n) is 7.64. The Hall–Kier alpha value is -1.52. The molecule has 150 valence electrons. The van der Waals surface area contributed by atoms with Gasteiger partial charge >= 0.3 is 6.09 Å². The summed E-state index contributed by atoms with van der Waals surface area (Å²) in [5.74, 6) is 0.683. The third-order valence-corrected chi connectivity index (χ3v) is 3.23. The topological polar surface area (TPSA) is 92.6 Å². The predicted molar refractivity (Wildman–Crippen MR) is 115 cm³/mol. The van der Waals surface area contributed by atoms with Crippen molar-refractivity contribution in [3.05, 3.63) is 18.0 Å². The molecule has 1 rings (SSSR count). The zero-order chi connectivity index (χ0) is 19.1. The van der Waals surface area contributed by atoms with Gasteiger partial charge < -0.3 is 20.7 Å². The largest absolute Gasteiger partial charge is 0.444 e. The van der Waals surface area contributed by atoms with E-state index in [1.807, 2.05) is 54.1 Å². The van der Waals surface area contributed by atoms with Gasteiger partial charge in [0, 0.05) is 33.4 Å². The number of aliphatic imine (C=N–C) groups is 1. The van der Waals surface area contributed by atoms with Gasteiger partial charge in [0.25, 0.3) is 0 Å². The van der Waals surface area contributed by atoms with E-state index in [2.05, 4.69) is 26.0 Å². The summed E-state index contributed by atoms with van der Waals surface area (Å²) in [7, 11) is 3.62. The Bertz CT molecular complexity index is 592. The van der Waals surface area contributed by atoms with E-state index >= 15 is 0 Å². The van der Waals surface area contributed by atoms with Crippen LogP contribution in [0.3, 0.4) is 0 Å². The molecule has 0 aromatic carbocycles. The van der Waals surface area contributed by atoms with E-state index in [0.29, 0.717) is 12.5 Å². The van der Waals surface area contributed by atoms with Crippen LogP contribution in [0, 0.1) is 0 Å². The first-order chi connectivity index (χ1) is 11.5. The number of carbonyl (C=O) groups excluding carboxylic acids is 1. The molecule has 1 aromatic rings. The molecule has 0 bridgehead atoms. The van der Waals surface area contributed by atoms with Crippen molar-refractivity contribution in [2.75, 3.05) is 20.1 Å². The van der Waals surface area contributed by atoms with E-state index in [-0.39, 0.29) is 24.0 Å². The zero-order valence-corrected chi connectivity index (χ0v) is 19.2. The van der Waals surface area contributed by atoms with Crippen molar-refractivity contribution < 1.29 is 9.53 Å². The Kier molecular flexibility index (Phi) is 9.97. The van der Waals surface area contributed by atoms with Gasteiger partial charge in [-0.05, 0) is 46.6 Å². The fraction of sp³-hybridized carbons (Fsp3) is 0.706. The van der Waals surface area contributed by atoms with E-state index in [9.17, 15) is 4.79 Å². The first kappa shape index (κ1) is 24.5. The smallest absolute Gasteiger partial charge is 0.408 e. The van der Waals surface area contributed by atoms with E-state index in [4.69, 9.17) is 4.74 Å². The van der Waals surface area contributed by atoms with Crippen LogP contribution in [0.1, 0.15) is 40.2 Å². The van der Waals surface area contributed by atoms with Crippen LogP contribution in [0.15, 0.2) is 17.4 Å². The van der Waals surface area contributed by atoms with Crippen molar-refractivity contribution >= 4 is 36.0 Å². The molecular weight excluding hydrogens is 447 g/mol. The third-order valence-electron chi connectivity index (χ3n) is 3.23. The molecule has 0 aliphatic carbocycles. The summed E-state index contributed by atoms with van der Waals surface area (Å²) in [5.41, 5.74) is 0.165. The molecule has 26 heavy (non-hydrogen) atoms. The third kappa shape index (κ3) is 10.5. The van der Waals surface area contributed by atoms with Gasteiger partial charge in [-0.15, -0.1) is 24.0 Å². The Morgan fingerprint density at radius 3 is 2.42 bits per heavy atom. The molecule has 1 amide bonds. The van der Waals surface area contributed by atoms with Crippen LogP contribution >= 0.6 is 24.0 Å². The summed E-state index contributed by atoms with van der Waals surface area (Å²) in [6, 6.07) is 0. The molecule has 0 radical (unpaired) electrons. The minimum Gasteiger partial charge on any atom is -0.444 e. The van der Waals surface area contributed by atoms with Gasteiger partial charge in [-0.2, -0.15) is 5.10 Å². The van der Waals surface area contributed by atoms with E-state index in [0.717, 1.165) is 18.5 Å². The lowest BCUT2D eigenvalue weighted by Gasteiger charge is -2.29. The molecule has 0 saturated heterocycles. The second-order valence-corrected chi connectivity index (χ2v) is 7.64. The average Bonchev–Trinajstić information content (AvgIpc) is 2.85. The Morgan fingerprint density at radius 1 is 1.27 bits per heavy atom. The van der Waals surface area contributed by atoms with Gasteiger partial charge in [0.05, 0.1) is 11.7 Å². The number of halogens is 1. The summed E-state index contributed by atoms with van der Waals surface area (Å²) < 4.78 is 7.08. The first-order valence-corrected chi connectivity index (χ1v) is 8.44. The lowest BCUT2D eigenvalue weighted by atomic mass is 10.1. The highest BCUT2D eigenvalue weighted by Crippen LogP contribution is 2.09. The predicted octanol–water partition coefficient (Wildman–Crippen LogP) is 2.05. The highest BCUT2D eigenvalue weighted by molar-refractivity contribution is 14.0. The molecule has 8 nitrogen and oxygen atoms in total. The van der Waals surface area contributed by atoms with Gasteiger partial charge in [0.15, 0.2) is 5.96 Å². The Labute approximate surface area is 173 Å². The summed E-state index contributed by atoms with van der Waals surface area (Å²) in [6.45, 7) is 10.6. The normalized spacial score (nSPS) is 12.2. The van der Waals surface area contributed by atoms with Crippen LogP contribution < -0.4 is 16.0 Å². The molecule has 9 heteroatoms. The fourth-order valence-electron chi connectivity index (χ4n) is 2.08. The van der Waals surface area contributed by atoms with Crippen molar-refractivity contribution in [3.8, 4) is 0 Å². The van der Waals surface area contributed by atoms with Crippen molar-refractivity contribution in [2.24, 2.45) is 12.0 Å². The molecular formula is C17H33IN6O2. The molecule has 0 fully saturated rings. The summed E-state index contributed by atoms with van der Waals surface area (Å²) in [6.07, 6.45) is 4.27. The van der Waals surface area contributed by atoms with Gasteiger partial charge in [0.2, 0.25) is 0 Å². The number of nitrogens with zero attached hydrogens (tertiary/aromatic N) is 3. The van der Waals surface area contributed by atoms with Crippen molar-refractivity contribution in [1.82, 2.24) is 25.7 Å². The van der Waals surface area contributed by atoms with E-state index in [1.165, 1.54) is 0 Å². The molecule has 0 unspecified atom stereocenters. The SMILES string of the molecule is CN=C(NCCc1cnn(C)c1)NCC(C)(C)NC(=O)OC(C)(C)C.I. The van der Waals surface area contributed by atoms with Gasteiger partial charge in [0.1, 0.15) is 5.60 Å². The second kappa shape index (κ2) is 10.6. The van der Waals surface area contributed by atoms with Gasteiger partial charge in [-0.1, -0.05) is 0 Å². The minimum absolute atomic E-state index is 0. The van der Waals surface area contributed by atoms with Crippen molar-refractivity contribution in [2.45, 2.75) is 52.2 Å². The molecule has 0 aliphatic heterocycles.